The summed E-state index contributed by atoms with van der Waals surface area (Å²) in [5.41, 5.74) is 0. The predicted octanol–water partition coefficient (Wildman–Crippen LogP) is 0.888. The van der Waals surface area contributed by atoms with Crippen molar-refractivity contribution in [3.8, 4) is 0 Å². The van der Waals surface area contributed by atoms with E-state index < -0.39 is 11.9 Å². The van der Waals surface area contributed by atoms with Crippen molar-refractivity contribution in [2.45, 2.75) is 57.0 Å². The molecule has 5 heteroatoms. The lowest BCUT2D eigenvalue weighted by Gasteiger charge is -2.22. The highest BCUT2D eigenvalue weighted by Crippen LogP contribution is 2.26. The highest BCUT2D eigenvalue weighted by atomic mass is 16.4. The molecule has 1 heterocycles. The maximum Gasteiger partial charge on any atom is 0.308 e. The van der Waals surface area contributed by atoms with Gasteiger partial charge in [0.05, 0.1) is 12.0 Å². The van der Waals surface area contributed by atoms with Crippen LogP contribution in [0.3, 0.4) is 0 Å². The Bertz CT molecular complexity index is 311. The Hall–Kier alpha value is -1.10. The zero-order valence-electron chi connectivity index (χ0n) is 10.7. The fourth-order valence-corrected chi connectivity index (χ4v) is 2.96. The van der Waals surface area contributed by atoms with E-state index in [2.05, 4.69) is 10.6 Å². The summed E-state index contributed by atoms with van der Waals surface area (Å²) in [5, 5.41) is 15.3. The van der Waals surface area contributed by atoms with Crippen LogP contribution in [0.4, 0.5) is 0 Å². The monoisotopic (exact) mass is 254 g/mol. The minimum atomic E-state index is -0.786. The molecule has 0 radical (unpaired) electrons. The first-order valence-corrected chi connectivity index (χ1v) is 6.95. The topological polar surface area (TPSA) is 78.4 Å². The number of carbonyl (C=O) groups excluding carboxylic acids is 1. The van der Waals surface area contributed by atoms with E-state index in [0.29, 0.717) is 6.42 Å². The van der Waals surface area contributed by atoms with E-state index in [1.807, 2.05) is 0 Å². The van der Waals surface area contributed by atoms with Gasteiger partial charge in [0.1, 0.15) is 0 Å². The second kappa shape index (κ2) is 6.18. The van der Waals surface area contributed by atoms with Crippen LogP contribution < -0.4 is 10.6 Å². The number of carboxylic acids is 1. The Morgan fingerprint density at radius 1 is 1.06 bits per heavy atom. The molecule has 18 heavy (non-hydrogen) atoms. The van der Waals surface area contributed by atoms with Crippen LogP contribution in [0.15, 0.2) is 0 Å². The van der Waals surface area contributed by atoms with Gasteiger partial charge in [-0.05, 0) is 32.2 Å². The van der Waals surface area contributed by atoms with Crippen LogP contribution in [0.5, 0.6) is 0 Å². The summed E-state index contributed by atoms with van der Waals surface area (Å²) in [4.78, 5) is 23.2. The Kier molecular flexibility index (Phi) is 4.58. The normalized spacial score (nSPS) is 32.8. The van der Waals surface area contributed by atoms with Crippen molar-refractivity contribution in [1.29, 1.82) is 0 Å². The lowest BCUT2D eigenvalue weighted by molar-refractivity contribution is -0.142. The average molecular weight is 254 g/mol. The third kappa shape index (κ3) is 3.22. The van der Waals surface area contributed by atoms with Crippen LogP contribution in [0, 0.1) is 5.92 Å². The van der Waals surface area contributed by atoms with Crippen molar-refractivity contribution in [2.75, 3.05) is 6.54 Å². The third-order valence-electron chi connectivity index (χ3n) is 4.04. The first-order chi connectivity index (χ1) is 8.68. The van der Waals surface area contributed by atoms with E-state index in [1.165, 1.54) is 0 Å². The average Bonchev–Trinajstić information content (AvgIpc) is 2.63. The van der Waals surface area contributed by atoms with E-state index in [9.17, 15) is 9.59 Å². The fourth-order valence-electron chi connectivity index (χ4n) is 2.96. The van der Waals surface area contributed by atoms with Gasteiger partial charge in [0, 0.05) is 6.04 Å². The largest absolute Gasteiger partial charge is 0.481 e. The summed E-state index contributed by atoms with van der Waals surface area (Å²) in [7, 11) is 0. The molecule has 1 amide bonds. The van der Waals surface area contributed by atoms with Crippen LogP contribution in [-0.2, 0) is 9.59 Å². The number of nitrogens with one attached hydrogen (secondary N) is 2. The smallest absolute Gasteiger partial charge is 0.308 e. The maximum atomic E-state index is 12.1. The molecule has 1 aliphatic heterocycles. The van der Waals surface area contributed by atoms with Crippen LogP contribution in [0.25, 0.3) is 0 Å². The van der Waals surface area contributed by atoms with Crippen molar-refractivity contribution < 1.29 is 14.7 Å². The molecule has 0 aromatic carbocycles. The molecule has 0 bridgehead atoms. The van der Waals surface area contributed by atoms with Gasteiger partial charge in [-0.2, -0.15) is 0 Å². The molecule has 3 atom stereocenters. The van der Waals surface area contributed by atoms with Crippen molar-refractivity contribution >= 4 is 11.9 Å². The summed E-state index contributed by atoms with van der Waals surface area (Å²) < 4.78 is 0. The first-order valence-electron chi connectivity index (χ1n) is 6.95. The molecule has 3 unspecified atom stereocenters. The van der Waals surface area contributed by atoms with Gasteiger partial charge >= 0.3 is 5.97 Å². The molecule has 102 valence electrons. The summed E-state index contributed by atoms with van der Waals surface area (Å²) in [6, 6.07) is -0.317. The fraction of sp³-hybridized carbons (Fsp3) is 0.846. The molecule has 1 aliphatic carbocycles. The van der Waals surface area contributed by atoms with E-state index >= 15 is 0 Å². The lowest BCUT2D eigenvalue weighted by Crippen LogP contribution is -2.49. The molecule has 1 saturated heterocycles. The molecule has 1 saturated carbocycles. The molecule has 2 fully saturated rings. The molecule has 5 nitrogen and oxygen atoms in total. The van der Waals surface area contributed by atoms with Crippen LogP contribution >= 0.6 is 0 Å². The molecule has 2 aliphatic rings. The maximum absolute atomic E-state index is 12.1. The first kappa shape index (κ1) is 13.3. The van der Waals surface area contributed by atoms with Crippen molar-refractivity contribution in [3.63, 3.8) is 0 Å². The Labute approximate surface area is 107 Å². The van der Waals surface area contributed by atoms with Crippen LogP contribution in [0.2, 0.25) is 0 Å². The minimum absolute atomic E-state index is 0.0185. The summed E-state index contributed by atoms with van der Waals surface area (Å²) >= 11 is 0. The highest BCUT2D eigenvalue weighted by molar-refractivity contribution is 5.83. The number of hydrogen-bond acceptors (Lipinski definition) is 3. The molecule has 0 aromatic heterocycles. The molecule has 3 N–H and O–H groups in total. The van der Waals surface area contributed by atoms with E-state index in [1.54, 1.807) is 0 Å². The Morgan fingerprint density at radius 2 is 1.89 bits per heavy atom. The predicted molar refractivity (Wildman–Crippen MR) is 67.2 cm³/mol. The number of carboxylic acid groups (broad SMARTS) is 1. The molecular formula is C13H22N2O3. The van der Waals surface area contributed by atoms with Crippen molar-refractivity contribution in [1.82, 2.24) is 10.6 Å². The van der Waals surface area contributed by atoms with E-state index in [4.69, 9.17) is 5.11 Å². The molecule has 2 rings (SSSR count). The number of aliphatic carboxylic acids is 1. The molecule has 0 aromatic rings. The van der Waals surface area contributed by atoms with Crippen LogP contribution in [-0.4, -0.2) is 35.6 Å². The zero-order valence-corrected chi connectivity index (χ0v) is 10.7. The van der Waals surface area contributed by atoms with Gasteiger partial charge in [0.2, 0.25) is 5.91 Å². The van der Waals surface area contributed by atoms with Crippen molar-refractivity contribution in [3.05, 3.63) is 0 Å². The standard InChI is InChI=1S/C13H22N2O3/c16-12(11-6-2-1-3-8-14-11)15-10-7-4-5-9(10)13(17)18/h9-11,14H,1-8H2,(H,15,16)(H,17,18). The zero-order chi connectivity index (χ0) is 13.0. The summed E-state index contributed by atoms with van der Waals surface area (Å²) in [6.07, 6.45) is 6.56. The van der Waals surface area contributed by atoms with Gasteiger partial charge in [-0.25, -0.2) is 0 Å². The van der Waals surface area contributed by atoms with Gasteiger partial charge in [0.15, 0.2) is 0 Å². The number of hydrogen-bond donors (Lipinski definition) is 3. The lowest BCUT2D eigenvalue weighted by atomic mass is 10.0. The second-order valence-corrected chi connectivity index (χ2v) is 5.35. The minimum Gasteiger partial charge on any atom is -0.481 e. The van der Waals surface area contributed by atoms with E-state index in [0.717, 1.165) is 45.1 Å². The molecular weight excluding hydrogens is 232 g/mol. The number of rotatable bonds is 3. The van der Waals surface area contributed by atoms with Gasteiger partial charge in [-0.1, -0.05) is 19.3 Å². The summed E-state index contributed by atoms with van der Waals surface area (Å²) in [6.45, 7) is 0.880. The number of carbonyl (C=O) groups is 2. The van der Waals surface area contributed by atoms with Crippen LogP contribution in [0.1, 0.15) is 44.9 Å². The summed E-state index contributed by atoms with van der Waals surface area (Å²) in [5.74, 6) is -1.21. The van der Waals surface area contributed by atoms with Gasteiger partial charge in [0.25, 0.3) is 0 Å². The van der Waals surface area contributed by atoms with Crippen molar-refractivity contribution in [2.24, 2.45) is 5.92 Å². The van der Waals surface area contributed by atoms with E-state index in [-0.39, 0.29) is 18.0 Å². The van der Waals surface area contributed by atoms with Gasteiger partial charge < -0.3 is 15.7 Å². The highest BCUT2D eigenvalue weighted by Gasteiger charge is 2.35. The molecule has 0 spiro atoms. The Balaban J connectivity index is 1.87. The second-order valence-electron chi connectivity index (χ2n) is 5.35. The SMILES string of the molecule is O=C(NC1CCCC1C(=O)O)C1CCCCCN1. The Morgan fingerprint density at radius 3 is 2.67 bits per heavy atom. The van der Waals surface area contributed by atoms with Gasteiger partial charge in [-0.15, -0.1) is 0 Å². The van der Waals surface area contributed by atoms with Gasteiger partial charge in [-0.3, -0.25) is 9.59 Å². The quantitative estimate of drug-likeness (QED) is 0.699. The number of amides is 1. The third-order valence-corrected chi connectivity index (χ3v) is 4.04.